The van der Waals surface area contributed by atoms with Crippen LogP contribution in [0.15, 0.2) is 47.5 Å². The van der Waals surface area contributed by atoms with Crippen LogP contribution in [0.3, 0.4) is 0 Å². The van der Waals surface area contributed by atoms with Gasteiger partial charge >= 0.3 is 0 Å². The number of nitrogens with one attached hydrogen (secondary N) is 2. The third kappa shape index (κ3) is 7.09. The summed E-state index contributed by atoms with van der Waals surface area (Å²) in [7, 11) is 6.84. The van der Waals surface area contributed by atoms with Crippen LogP contribution >= 0.6 is 24.0 Å². The lowest BCUT2D eigenvalue weighted by Gasteiger charge is -2.21. The second kappa shape index (κ2) is 12.5. The molecular formula is C23H33IN4O3. The predicted octanol–water partition coefficient (Wildman–Crippen LogP) is 3.32. The molecule has 0 bridgehead atoms. The number of ether oxygens (including phenoxy) is 3. The molecular weight excluding hydrogens is 507 g/mol. The van der Waals surface area contributed by atoms with Crippen molar-refractivity contribution in [2.24, 2.45) is 4.99 Å². The summed E-state index contributed by atoms with van der Waals surface area (Å²) < 4.78 is 16.0. The molecule has 0 saturated carbocycles. The fourth-order valence-electron chi connectivity index (χ4n) is 3.59. The van der Waals surface area contributed by atoms with E-state index in [0.29, 0.717) is 6.04 Å². The van der Waals surface area contributed by atoms with Crippen LogP contribution < -0.4 is 29.7 Å². The largest absolute Gasteiger partial charge is 0.497 e. The van der Waals surface area contributed by atoms with E-state index in [1.54, 1.807) is 21.3 Å². The van der Waals surface area contributed by atoms with E-state index in [-0.39, 0.29) is 24.0 Å². The van der Waals surface area contributed by atoms with Crippen LogP contribution in [0, 0.1) is 0 Å². The van der Waals surface area contributed by atoms with Crippen LogP contribution in [-0.4, -0.2) is 60.0 Å². The molecule has 1 fully saturated rings. The quantitative estimate of drug-likeness (QED) is 0.305. The number of halogens is 1. The van der Waals surface area contributed by atoms with E-state index in [1.807, 2.05) is 37.4 Å². The van der Waals surface area contributed by atoms with E-state index in [0.717, 1.165) is 61.4 Å². The first-order valence-corrected chi connectivity index (χ1v) is 10.2. The molecule has 0 aromatic heterocycles. The van der Waals surface area contributed by atoms with Crippen LogP contribution in [0.4, 0.5) is 5.69 Å². The highest BCUT2D eigenvalue weighted by Crippen LogP contribution is 2.30. The number of anilines is 1. The number of rotatable bonds is 8. The van der Waals surface area contributed by atoms with Crippen molar-refractivity contribution in [2.45, 2.75) is 18.9 Å². The fraction of sp³-hybridized carbons (Fsp3) is 0.435. The molecule has 7 nitrogen and oxygen atoms in total. The molecule has 1 aliphatic rings. The van der Waals surface area contributed by atoms with Crippen molar-refractivity contribution < 1.29 is 14.2 Å². The van der Waals surface area contributed by atoms with Crippen LogP contribution in [0.2, 0.25) is 0 Å². The van der Waals surface area contributed by atoms with Gasteiger partial charge in [-0.1, -0.05) is 12.1 Å². The van der Waals surface area contributed by atoms with Gasteiger partial charge in [-0.2, -0.15) is 0 Å². The van der Waals surface area contributed by atoms with Crippen LogP contribution in [0.1, 0.15) is 12.0 Å². The fourth-order valence-corrected chi connectivity index (χ4v) is 3.59. The minimum Gasteiger partial charge on any atom is -0.497 e. The standard InChI is InChI=1S/C23H32N4O3.HI/c1-24-23(25-11-9-17-5-7-20(28-2)8-6-17)26-18-10-12-27(16-18)19-13-21(29-3)15-22(14-19)30-4;/h5-8,13-15,18H,9-12,16H2,1-4H3,(H2,24,25,26);1H. The van der Waals surface area contributed by atoms with E-state index in [9.17, 15) is 0 Å². The molecule has 3 rings (SSSR count). The van der Waals surface area contributed by atoms with Crippen molar-refractivity contribution in [1.29, 1.82) is 0 Å². The summed E-state index contributed by atoms with van der Waals surface area (Å²) in [6, 6.07) is 14.5. The Morgan fingerprint density at radius 1 is 1.00 bits per heavy atom. The first-order chi connectivity index (χ1) is 14.6. The molecule has 0 amide bonds. The number of benzene rings is 2. The van der Waals surface area contributed by atoms with Gasteiger partial charge in [0.1, 0.15) is 17.2 Å². The molecule has 31 heavy (non-hydrogen) atoms. The van der Waals surface area contributed by atoms with Crippen molar-refractivity contribution in [1.82, 2.24) is 10.6 Å². The maximum Gasteiger partial charge on any atom is 0.191 e. The third-order valence-corrected chi connectivity index (χ3v) is 5.32. The zero-order valence-electron chi connectivity index (χ0n) is 18.7. The first-order valence-electron chi connectivity index (χ1n) is 10.2. The molecule has 170 valence electrons. The molecule has 1 heterocycles. The van der Waals surface area contributed by atoms with Crippen molar-refractivity contribution in [3.8, 4) is 17.2 Å². The monoisotopic (exact) mass is 540 g/mol. The average Bonchev–Trinajstić information content (AvgIpc) is 3.27. The maximum absolute atomic E-state index is 5.40. The summed E-state index contributed by atoms with van der Waals surface area (Å²) in [5.74, 6) is 3.32. The SMILES string of the molecule is CN=C(NCCc1ccc(OC)cc1)NC1CCN(c2cc(OC)cc(OC)c2)C1.I. The summed E-state index contributed by atoms with van der Waals surface area (Å²) in [5, 5.41) is 6.96. The molecule has 1 saturated heterocycles. The molecule has 1 aliphatic heterocycles. The van der Waals surface area contributed by atoms with Crippen LogP contribution in [0.25, 0.3) is 0 Å². The van der Waals surface area contributed by atoms with Gasteiger partial charge in [-0.05, 0) is 30.5 Å². The normalized spacial score (nSPS) is 15.8. The molecule has 0 aliphatic carbocycles. The number of hydrogen-bond acceptors (Lipinski definition) is 5. The average molecular weight is 540 g/mol. The van der Waals surface area contributed by atoms with Crippen LogP contribution in [0.5, 0.6) is 17.2 Å². The predicted molar refractivity (Wildman–Crippen MR) is 137 cm³/mol. The molecule has 0 spiro atoms. The molecule has 1 unspecified atom stereocenters. The molecule has 8 heteroatoms. The van der Waals surface area contributed by atoms with Gasteiger partial charge in [-0.15, -0.1) is 24.0 Å². The van der Waals surface area contributed by atoms with Gasteiger partial charge in [0, 0.05) is 56.6 Å². The maximum atomic E-state index is 5.40. The minimum absolute atomic E-state index is 0. The molecule has 2 aromatic rings. The zero-order chi connectivity index (χ0) is 21.3. The highest BCUT2D eigenvalue weighted by molar-refractivity contribution is 14.0. The van der Waals surface area contributed by atoms with Gasteiger partial charge in [-0.25, -0.2) is 0 Å². The molecule has 2 N–H and O–H groups in total. The zero-order valence-corrected chi connectivity index (χ0v) is 21.0. The number of aliphatic imine (C=N–C) groups is 1. The number of guanidine groups is 1. The molecule has 1 atom stereocenters. The Balaban J connectivity index is 0.00000341. The highest BCUT2D eigenvalue weighted by atomic mass is 127. The van der Waals surface area contributed by atoms with Crippen LogP contribution in [-0.2, 0) is 6.42 Å². The minimum atomic E-state index is 0. The lowest BCUT2D eigenvalue weighted by molar-refractivity contribution is 0.394. The molecule has 0 radical (unpaired) electrons. The summed E-state index contributed by atoms with van der Waals surface area (Å²) in [6.07, 6.45) is 1.96. The lowest BCUT2D eigenvalue weighted by Crippen LogP contribution is -2.45. The van der Waals surface area contributed by atoms with E-state index < -0.39 is 0 Å². The molecule has 2 aromatic carbocycles. The Hall–Kier alpha value is -2.36. The summed E-state index contributed by atoms with van der Waals surface area (Å²) >= 11 is 0. The Morgan fingerprint density at radius 3 is 2.23 bits per heavy atom. The van der Waals surface area contributed by atoms with Gasteiger partial charge in [-0.3, -0.25) is 4.99 Å². The van der Waals surface area contributed by atoms with Crippen molar-refractivity contribution in [3.05, 3.63) is 48.0 Å². The Kier molecular flexibility index (Phi) is 10.0. The summed E-state index contributed by atoms with van der Waals surface area (Å²) in [5.41, 5.74) is 2.37. The second-order valence-corrected chi connectivity index (χ2v) is 7.24. The third-order valence-electron chi connectivity index (χ3n) is 5.32. The second-order valence-electron chi connectivity index (χ2n) is 7.24. The van der Waals surface area contributed by atoms with E-state index in [2.05, 4.69) is 32.7 Å². The number of methoxy groups -OCH3 is 3. The topological polar surface area (TPSA) is 67.4 Å². The van der Waals surface area contributed by atoms with Gasteiger partial charge in [0.2, 0.25) is 0 Å². The van der Waals surface area contributed by atoms with E-state index in [1.165, 1.54) is 5.56 Å². The van der Waals surface area contributed by atoms with Crippen molar-refractivity contribution >= 4 is 35.6 Å². The highest BCUT2D eigenvalue weighted by Gasteiger charge is 2.24. The van der Waals surface area contributed by atoms with Gasteiger partial charge < -0.3 is 29.7 Å². The Bertz CT molecular complexity index is 823. The van der Waals surface area contributed by atoms with Gasteiger partial charge in [0.05, 0.1) is 21.3 Å². The van der Waals surface area contributed by atoms with E-state index in [4.69, 9.17) is 14.2 Å². The summed E-state index contributed by atoms with van der Waals surface area (Å²) in [6.45, 7) is 2.68. The summed E-state index contributed by atoms with van der Waals surface area (Å²) in [4.78, 5) is 6.72. The number of nitrogens with zero attached hydrogens (tertiary/aromatic N) is 2. The smallest absolute Gasteiger partial charge is 0.191 e. The van der Waals surface area contributed by atoms with Gasteiger partial charge in [0.15, 0.2) is 5.96 Å². The lowest BCUT2D eigenvalue weighted by atomic mass is 10.1. The van der Waals surface area contributed by atoms with Crippen molar-refractivity contribution in [2.75, 3.05) is 52.9 Å². The Morgan fingerprint density at radius 2 is 1.65 bits per heavy atom. The Labute approximate surface area is 202 Å². The van der Waals surface area contributed by atoms with E-state index >= 15 is 0 Å². The number of hydrogen-bond donors (Lipinski definition) is 2. The van der Waals surface area contributed by atoms with Crippen molar-refractivity contribution in [3.63, 3.8) is 0 Å². The first kappa shape index (κ1) is 24.9. The van der Waals surface area contributed by atoms with Gasteiger partial charge in [0.25, 0.3) is 0 Å².